The molecule has 1 unspecified atom stereocenters. The number of anilines is 1. The summed E-state index contributed by atoms with van der Waals surface area (Å²) in [5.74, 6) is 0. The van der Waals surface area contributed by atoms with E-state index in [1.807, 2.05) is 0 Å². The fourth-order valence-corrected chi connectivity index (χ4v) is 2.39. The molecule has 2 rings (SSSR count). The molecule has 0 spiro atoms. The Morgan fingerprint density at radius 2 is 2.22 bits per heavy atom. The average Bonchev–Trinajstić information content (AvgIpc) is 2.57. The zero-order valence-corrected chi connectivity index (χ0v) is 10.7. The Bertz CT molecular complexity index is 431. The van der Waals surface area contributed by atoms with E-state index < -0.39 is 4.92 Å². The van der Waals surface area contributed by atoms with Gasteiger partial charge in [0.25, 0.3) is 5.69 Å². The van der Waals surface area contributed by atoms with E-state index in [1.165, 1.54) is 6.07 Å². The van der Waals surface area contributed by atoms with Crippen molar-refractivity contribution in [1.29, 1.82) is 0 Å². The molecule has 18 heavy (non-hydrogen) atoms. The number of nitrogens with one attached hydrogen (secondary N) is 2. The normalized spacial score (nSPS) is 20.2. The minimum atomic E-state index is -0.471. The molecule has 1 aromatic carbocycles. The molecule has 1 saturated heterocycles. The zero-order valence-electron chi connectivity index (χ0n) is 9.99. The van der Waals surface area contributed by atoms with Crippen LogP contribution in [0.1, 0.15) is 19.3 Å². The van der Waals surface area contributed by atoms with Crippen LogP contribution in [0.4, 0.5) is 11.4 Å². The highest BCUT2D eigenvalue weighted by Gasteiger charge is 2.15. The second kappa shape index (κ2) is 6.02. The van der Waals surface area contributed by atoms with Crippen LogP contribution in [0.3, 0.4) is 0 Å². The highest BCUT2D eigenvalue weighted by atomic mass is 35.5. The lowest BCUT2D eigenvalue weighted by Crippen LogP contribution is -2.21. The predicted octanol–water partition coefficient (Wildman–Crippen LogP) is 2.80. The number of hydrogen-bond donors (Lipinski definition) is 2. The Morgan fingerprint density at radius 1 is 1.39 bits per heavy atom. The van der Waals surface area contributed by atoms with Gasteiger partial charge in [0, 0.05) is 17.8 Å². The van der Waals surface area contributed by atoms with Gasteiger partial charge in [-0.1, -0.05) is 11.6 Å². The van der Waals surface area contributed by atoms with Crippen molar-refractivity contribution in [1.82, 2.24) is 5.32 Å². The highest BCUT2D eigenvalue weighted by molar-refractivity contribution is 6.32. The number of nitro groups is 1. The fourth-order valence-electron chi connectivity index (χ4n) is 2.14. The average molecular weight is 270 g/mol. The summed E-state index contributed by atoms with van der Waals surface area (Å²) in [6.07, 6.45) is 3.29. The lowest BCUT2D eigenvalue weighted by atomic mass is 10.1. The van der Waals surface area contributed by atoms with Crippen LogP contribution in [0.15, 0.2) is 18.2 Å². The van der Waals surface area contributed by atoms with Crippen LogP contribution in [0.5, 0.6) is 0 Å². The summed E-state index contributed by atoms with van der Waals surface area (Å²) < 4.78 is 0. The molecule has 1 aromatic rings. The molecule has 5 nitrogen and oxygen atoms in total. The second-order valence-electron chi connectivity index (χ2n) is 4.45. The first-order chi connectivity index (χ1) is 8.66. The summed E-state index contributed by atoms with van der Waals surface area (Å²) in [6.45, 7) is 2.05. The van der Waals surface area contributed by atoms with Crippen molar-refractivity contribution < 1.29 is 4.92 Å². The first kappa shape index (κ1) is 13.1. The SMILES string of the molecule is O=[N+]([O-])c1ccc(NC2CCCNCC2)cc1Cl. The Kier molecular flexibility index (Phi) is 4.38. The molecule has 1 aliphatic rings. The van der Waals surface area contributed by atoms with Gasteiger partial charge in [-0.25, -0.2) is 0 Å². The number of rotatable bonds is 3. The quantitative estimate of drug-likeness (QED) is 0.654. The van der Waals surface area contributed by atoms with E-state index in [2.05, 4.69) is 10.6 Å². The van der Waals surface area contributed by atoms with Crippen LogP contribution >= 0.6 is 11.6 Å². The summed E-state index contributed by atoms with van der Waals surface area (Å²) >= 11 is 5.88. The summed E-state index contributed by atoms with van der Waals surface area (Å²) in [4.78, 5) is 10.2. The Hall–Kier alpha value is -1.33. The van der Waals surface area contributed by atoms with Crippen LogP contribution in [0.25, 0.3) is 0 Å². The second-order valence-corrected chi connectivity index (χ2v) is 4.85. The van der Waals surface area contributed by atoms with Crippen molar-refractivity contribution in [2.75, 3.05) is 18.4 Å². The third-order valence-corrected chi connectivity index (χ3v) is 3.39. The first-order valence-corrected chi connectivity index (χ1v) is 6.46. The number of hydrogen-bond acceptors (Lipinski definition) is 4. The van der Waals surface area contributed by atoms with Crippen LogP contribution in [0, 0.1) is 10.1 Å². The van der Waals surface area contributed by atoms with Crippen molar-refractivity contribution in [3.05, 3.63) is 33.3 Å². The molecular weight excluding hydrogens is 254 g/mol. The molecule has 1 atom stereocenters. The molecule has 0 bridgehead atoms. The van der Waals surface area contributed by atoms with Crippen LogP contribution in [-0.2, 0) is 0 Å². The topological polar surface area (TPSA) is 67.2 Å². The van der Waals surface area contributed by atoms with Gasteiger partial charge in [0.1, 0.15) is 5.02 Å². The molecule has 98 valence electrons. The van der Waals surface area contributed by atoms with E-state index in [4.69, 9.17) is 11.6 Å². The first-order valence-electron chi connectivity index (χ1n) is 6.08. The fraction of sp³-hybridized carbons (Fsp3) is 0.500. The molecule has 0 aliphatic carbocycles. The Labute approximate surface area is 111 Å². The summed E-state index contributed by atoms with van der Waals surface area (Å²) in [5.41, 5.74) is 0.794. The highest BCUT2D eigenvalue weighted by Crippen LogP contribution is 2.28. The van der Waals surface area contributed by atoms with Crippen molar-refractivity contribution in [2.24, 2.45) is 0 Å². The van der Waals surface area contributed by atoms with Gasteiger partial charge in [0.05, 0.1) is 4.92 Å². The molecule has 1 heterocycles. The molecule has 2 N–H and O–H groups in total. The number of nitrogens with zero attached hydrogens (tertiary/aromatic N) is 1. The third kappa shape index (κ3) is 3.34. The lowest BCUT2D eigenvalue weighted by molar-refractivity contribution is -0.384. The predicted molar refractivity (Wildman–Crippen MR) is 72.2 cm³/mol. The van der Waals surface area contributed by atoms with E-state index in [0.29, 0.717) is 6.04 Å². The van der Waals surface area contributed by atoms with Gasteiger partial charge in [-0.2, -0.15) is 0 Å². The van der Waals surface area contributed by atoms with Gasteiger partial charge in [-0.3, -0.25) is 10.1 Å². The van der Waals surface area contributed by atoms with Gasteiger partial charge >= 0.3 is 0 Å². The van der Waals surface area contributed by atoms with Gasteiger partial charge in [0.2, 0.25) is 0 Å². The summed E-state index contributed by atoms with van der Waals surface area (Å²) in [6, 6.07) is 5.18. The van der Waals surface area contributed by atoms with E-state index in [1.54, 1.807) is 12.1 Å². The molecule has 0 saturated carbocycles. The third-order valence-electron chi connectivity index (χ3n) is 3.09. The van der Waals surface area contributed by atoms with E-state index >= 15 is 0 Å². The summed E-state index contributed by atoms with van der Waals surface area (Å²) in [7, 11) is 0. The molecule has 0 amide bonds. The van der Waals surface area contributed by atoms with Crippen molar-refractivity contribution in [3.8, 4) is 0 Å². The Balaban J connectivity index is 2.05. The summed E-state index contributed by atoms with van der Waals surface area (Å²) in [5, 5.41) is 17.6. The van der Waals surface area contributed by atoms with E-state index in [0.717, 1.165) is 38.0 Å². The van der Waals surface area contributed by atoms with Crippen LogP contribution in [0.2, 0.25) is 5.02 Å². The molecule has 1 aliphatic heterocycles. The Morgan fingerprint density at radius 3 is 2.94 bits per heavy atom. The smallest absolute Gasteiger partial charge is 0.288 e. The molecular formula is C12H16ClN3O2. The largest absolute Gasteiger partial charge is 0.382 e. The van der Waals surface area contributed by atoms with E-state index in [9.17, 15) is 10.1 Å². The maximum atomic E-state index is 10.7. The van der Waals surface area contributed by atoms with Crippen molar-refractivity contribution in [2.45, 2.75) is 25.3 Å². The molecule has 6 heteroatoms. The van der Waals surface area contributed by atoms with Crippen molar-refractivity contribution >= 4 is 23.0 Å². The maximum absolute atomic E-state index is 10.7. The number of nitro benzene ring substituents is 1. The monoisotopic (exact) mass is 269 g/mol. The van der Waals surface area contributed by atoms with Gasteiger partial charge < -0.3 is 10.6 Å². The molecule has 0 aromatic heterocycles. The molecule has 1 fully saturated rings. The minimum absolute atomic E-state index is 0.0512. The molecule has 0 radical (unpaired) electrons. The minimum Gasteiger partial charge on any atom is -0.382 e. The standard InChI is InChI=1S/C12H16ClN3O2/c13-11-8-10(3-4-12(11)16(17)18)15-9-2-1-6-14-7-5-9/h3-4,8-9,14-15H,1-2,5-7H2. The van der Waals surface area contributed by atoms with Gasteiger partial charge in [-0.05, 0) is 44.5 Å². The number of benzene rings is 1. The lowest BCUT2D eigenvalue weighted by Gasteiger charge is -2.17. The van der Waals surface area contributed by atoms with Crippen LogP contribution < -0.4 is 10.6 Å². The van der Waals surface area contributed by atoms with Gasteiger partial charge in [0.15, 0.2) is 0 Å². The van der Waals surface area contributed by atoms with Crippen molar-refractivity contribution in [3.63, 3.8) is 0 Å². The number of halogens is 1. The van der Waals surface area contributed by atoms with E-state index in [-0.39, 0.29) is 10.7 Å². The zero-order chi connectivity index (χ0) is 13.0. The van der Waals surface area contributed by atoms with Gasteiger partial charge in [-0.15, -0.1) is 0 Å². The van der Waals surface area contributed by atoms with Crippen LogP contribution in [-0.4, -0.2) is 24.1 Å². The maximum Gasteiger partial charge on any atom is 0.288 e.